The molecule has 5 heteroatoms. The van der Waals surface area contributed by atoms with Crippen molar-refractivity contribution >= 4 is 28.9 Å². The first kappa shape index (κ1) is 17.5. The highest BCUT2D eigenvalue weighted by molar-refractivity contribution is 6.09. The van der Waals surface area contributed by atoms with Gasteiger partial charge in [-0.2, -0.15) is 0 Å². The van der Waals surface area contributed by atoms with Gasteiger partial charge in [-0.15, -0.1) is 0 Å². The van der Waals surface area contributed by atoms with Crippen LogP contribution in [0, 0.1) is 0 Å². The summed E-state index contributed by atoms with van der Waals surface area (Å²) in [5, 5.41) is 2.76. The van der Waals surface area contributed by atoms with Crippen molar-refractivity contribution in [1.29, 1.82) is 0 Å². The first-order valence-corrected chi connectivity index (χ1v) is 7.94. The maximum absolute atomic E-state index is 12.4. The van der Waals surface area contributed by atoms with Crippen molar-refractivity contribution in [3.05, 3.63) is 54.6 Å². The molecule has 0 bridgehead atoms. The zero-order chi connectivity index (χ0) is 17.5. The van der Waals surface area contributed by atoms with Gasteiger partial charge in [-0.25, -0.2) is 0 Å². The smallest absolute Gasteiger partial charge is 0.236 e. The summed E-state index contributed by atoms with van der Waals surface area (Å²) in [7, 11) is 3.91. The Morgan fingerprint density at radius 1 is 0.917 bits per heavy atom. The summed E-state index contributed by atoms with van der Waals surface area (Å²) in [6.45, 7) is 2.41. The lowest BCUT2D eigenvalue weighted by Crippen LogP contribution is -2.33. The van der Waals surface area contributed by atoms with Gasteiger partial charge < -0.3 is 15.1 Å². The minimum absolute atomic E-state index is 0.182. The summed E-state index contributed by atoms with van der Waals surface area (Å²) in [4.78, 5) is 28.1. The number of hydrogen-bond acceptors (Lipinski definition) is 3. The van der Waals surface area contributed by atoms with Gasteiger partial charge in [0.05, 0.1) is 0 Å². The summed E-state index contributed by atoms with van der Waals surface area (Å²) in [5.41, 5.74) is 2.53. The fourth-order valence-electron chi connectivity index (χ4n) is 2.39. The van der Waals surface area contributed by atoms with Gasteiger partial charge in [-0.1, -0.05) is 18.2 Å². The number of nitrogens with zero attached hydrogens (tertiary/aromatic N) is 2. The zero-order valence-corrected chi connectivity index (χ0v) is 14.3. The average molecular weight is 325 g/mol. The molecule has 2 rings (SSSR count). The van der Waals surface area contributed by atoms with E-state index >= 15 is 0 Å². The van der Waals surface area contributed by atoms with Crippen molar-refractivity contribution in [3.8, 4) is 0 Å². The maximum atomic E-state index is 12.4. The fourth-order valence-corrected chi connectivity index (χ4v) is 2.39. The van der Waals surface area contributed by atoms with Crippen LogP contribution in [-0.4, -0.2) is 32.5 Å². The number of carbonyl (C=O) groups is 2. The van der Waals surface area contributed by atoms with E-state index in [1.54, 1.807) is 4.90 Å². The van der Waals surface area contributed by atoms with E-state index in [9.17, 15) is 9.59 Å². The highest BCUT2D eigenvalue weighted by atomic mass is 16.2. The monoisotopic (exact) mass is 325 g/mol. The van der Waals surface area contributed by atoms with E-state index in [4.69, 9.17) is 0 Å². The molecule has 1 N–H and O–H groups in total. The second kappa shape index (κ2) is 8.15. The maximum Gasteiger partial charge on any atom is 0.236 e. The number of nitrogens with one attached hydrogen (secondary N) is 1. The number of anilines is 3. The summed E-state index contributed by atoms with van der Waals surface area (Å²) in [6, 6.07) is 16.8. The topological polar surface area (TPSA) is 52.7 Å². The van der Waals surface area contributed by atoms with Crippen LogP contribution in [0.5, 0.6) is 0 Å². The van der Waals surface area contributed by atoms with Gasteiger partial charge >= 0.3 is 0 Å². The van der Waals surface area contributed by atoms with E-state index < -0.39 is 0 Å². The number of hydrogen-bond donors (Lipinski definition) is 1. The largest absolute Gasteiger partial charge is 0.378 e. The van der Waals surface area contributed by atoms with Crippen molar-refractivity contribution < 1.29 is 9.59 Å². The number of benzene rings is 2. The fraction of sp³-hybridized carbons (Fsp3) is 0.263. The number of rotatable bonds is 6. The molecule has 0 saturated carbocycles. The van der Waals surface area contributed by atoms with E-state index in [-0.39, 0.29) is 18.2 Å². The molecule has 0 radical (unpaired) electrons. The molecule has 0 atom stereocenters. The van der Waals surface area contributed by atoms with Gasteiger partial charge in [0, 0.05) is 37.7 Å². The molecule has 2 aromatic carbocycles. The van der Waals surface area contributed by atoms with Crippen molar-refractivity contribution in [3.63, 3.8) is 0 Å². The average Bonchev–Trinajstić information content (AvgIpc) is 2.56. The molecule has 0 unspecified atom stereocenters. The first-order valence-electron chi connectivity index (χ1n) is 7.94. The van der Waals surface area contributed by atoms with Crippen LogP contribution in [-0.2, 0) is 9.59 Å². The van der Waals surface area contributed by atoms with Gasteiger partial charge in [0.25, 0.3) is 0 Å². The molecule has 0 aliphatic carbocycles. The van der Waals surface area contributed by atoms with Crippen molar-refractivity contribution in [2.75, 3.05) is 35.8 Å². The quantitative estimate of drug-likeness (QED) is 0.830. The Hall–Kier alpha value is -2.82. The molecule has 0 aliphatic rings. The lowest BCUT2D eigenvalue weighted by molar-refractivity contribution is -0.125. The van der Waals surface area contributed by atoms with Gasteiger partial charge in [0.2, 0.25) is 11.8 Å². The minimum Gasteiger partial charge on any atom is -0.378 e. The second-order valence-electron chi connectivity index (χ2n) is 5.64. The molecule has 24 heavy (non-hydrogen) atoms. The predicted molar refractivity (Wildman–Crippen MR) is 98.5 cm³/mol. The van der Waals surface area contributed by atoms with E-state index in [0.717, 1.165) is 11.4 Å². The molecule has 0 spiro atoms. The molecule has 126 valence electrons. The Labute approximate surface area is 142 Å². The standard InChI is InChI=1S/C19H23N3O2/c1-4-22(17-8-6-5-7-9-17)19(24)14-18(23)20-15-10-12-16(13-11-15)21(2)3/h5-13H,4,14H2,1-3H3,(H,20,23). The normalized spacial score (nSPS) is 10.1. The van der Waals surface area contributed by atoms with Crippen molar-refractivity contribution in [2.24, 2.45) is 0 Å². The lowest BCUT2D eigenvalue weighted by Gasteiger charge is -2.20. The van der Waals surface area contributed by atoms with Gasteiger partial charge in [0.15, 0.2) is 0 Å². The third kappa shape index (κ3) is 4.59. The molecule has 0 aliphatic heterocycles. The van der Waals surface area contributed by atoms with Gasteiger partial charge in [0.1, 0.15) is 6.42 Å². The van der Waals surface area contributed by atoms with Gasteiger partial charge in [-0.05, 0) is 43.3 Å². The number of carbonyl (C=O) groups excluding carboxylic acids is 2. The SMILES string of the molecule is CCN(C(=O)CC(=O)Nc1ccc(N(C)C)cc1)c1ccccc1. The van der Waals surface area contributed by atoms with Gasteiger partial charge in [-0.3, -0.25) is 9.59 Å². The molecule has 0 saturated heterocycles. The molecule has 2 aromatic rings. The van der Waals surface area contributed by atoms with Crippen molar-refractivity contribution in [2.45, 2.75) is 13.3 Å². The molecule has 2 amide bonds. The predicted octanol–water partition coefficient (Wildman–Crippen LogP) is 3.13. The van der Waals surface area contributed by atoms with E-state index in [1.807, 2.05) is 80.5 Å². The molecular weight excluding hydrogens is 302 g/mol. The Kier molecular flexibility index (Phi) is 5.95. The Balaban J connectivity index is 1.97. The summed E-state index contributed by atoms with van der Waals surface area (Å²) in [6.07, 6.45) is -0.182. The Morgan fingerprint density at radius 3 is 2.08 bits per heavy atom. The number of amides is 2. The van der Waals surface area contributed by atoms with Crippen LogP contribution < -0.4 is 15.1 Å². The highest BCUT2D eigenvalue weighted by Gasteiger charge is 2.17. The van der Waals surface area contributed by atoms with Crippen LogP contribution in [0.3, 0.4) is 0 Å². The third-order valence-corrected chi connectivity index (χ3v) is 3.66. The summed E-state index contributed by atoms with van der Waals surface area (Å²) < 4.78 is 0. The van der Waals surface area contributed by atoms with Crippen LogP contribution in [0.1, 0.15) is 13.3 Å². The Bertz CT molecular complexity index is 682. The molecular formula is C19H23N3O2. The second-order valence-corrected chi connectivity index (χ2v) is 5.64. The highest BCUT2D eigenvalue weighted by Crippen LogP contribution is 2.17. The summed E-state index contributed by atoms with van der Waals surface area (Å²) >= 11 is 0. The summed E-state index contributed by atoms with van der Waals surface area (Å²) in [5.74, 6) is -0.530. The van der Waals surface area contributed by atoms with Crippen LogP contribution in [0.25, 0.3) is 0 Å². The minimum atomic E-state index is -0.313. The molecule has 0 heterocycles. The molecule has 5 nitrogen and oxygen atoms in total. The van der Waals surface area contributed by atoms with E-state index in [1.165, 1.54) is 0 Å². The molecule has 0 aromatic heterocycles. The lowest BCUT2D eigenvalue weighted by atomic mass is 10.2. The number of para-hydroxylation sites is 1. The van der Waals surface area contributed by atoms with Crippen LogP contribution in [0.15, 0.2) is 54.6 Å². The third-order valence-electron chi connectivity index (χ3n) is 3.66. The van der Waals surface area contributed by atoms with E-state index in [2.05, 4.69) is 5.32 Å². The van der Waals surface area contributed by atoms with E-state index in [0.29, 0.717) is 12.2 Å². The van der Waals surface area contributed by atoms with Crippen molar-refractivity contribution in [1.82, 2.24) is 0 Å². The first-order chi connectivity index (χ1) is 11.5. The van der Waals surface area contributed by atoms with Crippen LogP contribution >= 0.6 is 0 Å². The van der Waals surface area contributed by atoms with Crippen LogP contribution in [0.4, 0.5) is 17.1 Å². The molecule has 0 fully saturated rings. The Morgan fingerprint density at radius 2 is 1.54 bits per heavy atom. The zero-order valence-electron chi connectivity index (χ0n) is 14.3. The van der Waals surface area contributed by atoms with Crippen LogP contribution in [0.2, 0.25) is 0 Å².